The van der Waals surface area contributed by atoms with Gasteiger partial charge < -0.3 is 11.1 Å². The summed E-state index contributed by atoms with van der Waals surface area (Å²) in [6, 6.07) is 0.502. The van der Waals surface area contributed by atoms with Gasteiger partial charge in [-0.25, -0.2) is 0 Å². The molecule has 1 unspecified atom stereocenters. The molecule has 1 saturated heterocycles. The highest BCUT2D eigenvalue weighted by Crippen LogP contribution is 2.15. The summed E-state index contributed by atoms with van der Waals surface area (Å²) in [4.78, 5) is 14.4. The van der Waals surface area contributed by atoms with Gasteiger partial charge in [0.15, 0.2) is 5.17 Å². The van der Waals surface area contributed by atoms with E-state index >= 15 is 0 Å². The molecule has 1 aliphatic rings. The Labute approximate surface area is 76.0 Å². The number of amidine groups is 1. The highest BCUT2D eigenvalue weighted by molar-refractivity contribution is 8.14. The Morgan fingerprint density at radius 2 is 2.67 bits per heavy atom. The third-order valence-electron chi connectivity index (χ3n) is 1.62. The lowest BCUT2D eigenvalue weighted by molar-refractivity contribution is -0.116. The summed E-state index contributed by atoms with van der Waals surface area (Å²) in [5.74, 6) is 0.651. The molecule has 0 aromatic heterocycles. The fraction of sp³-hybridized carbons (Fsp3) is 0.714. The predicted octanol–water partition coefficient (Wildman–Crippen LogP) is -0.0573. The van der Waals surface area contributed by atoms with Crippen LogP contribution in [-0.4, -0.2) is 29.4 Å². The Morgan fingerprint density at radius 3 is 3.17 bits per heavy atom. The second-order valence-electron chi connectivity index (χ2n) is 2.65. The van der Waals surface area contributed by atoms with Crippen molar-refractivity contribution in [2.24, 2.45) is 10.7 Å². The Balaban J connectivity index is 2.35. The van der Waals surface area contributed by atoms with E-state index < -0.39 is 0 Å². The van der Waals surface area contributed by atoms with Crippen LogP contribution in [-0.2, 0) is 4.79 Å². The maximum absolute atomic E-state index is 10.4. The molecule has 3 N–H and O–H groups in total. The number of primary amides is 1. The van der Waals surface area contributed by atoms with E-state index in [1.54, 1.807) is 11.8 Å². The summed E-state index contributed by atoms with van der Waals surface area (Å²) in [5, 5.41) is 4.05. The average Bonchev–Trinajstić information content (AvgIpc) is 2.48. The van der Waals surface area contributed by atoms with Crippen LogP contribution in [0.15, 0.2) is 4.99 Å². The lowest BCUT2D eigenvalue weighted by atomic mass is 10.3. The molecule has 1 rings (SSSR count). The fourth-order valence-electron chi connectivity index (χ4n) is 0.898. The van der Waals surface area contributed by atoms with Gasteiger partial charge in [0.05, 0.1) is 0 Å². The van der Waals surface area contributed by atoms with Gasteiger partial charge in [-0.2, -0.15) is 0 Å². The number of thioether (sulfide) groups is 1. The maximum Gasteiger partial charge on any atom is 0.239 e. The zero-order chi connectivity index (χ0) is 8.97. The lowest BCUT2D eigenvalue weighted by Gasteiger charge is -2.03. The second-order valence-corrected chi connectivity index (χ2v) is 3.66. The van der Waals surface area contributed by atoms with E-state index in [-0.39, 0.29) is 12.5 Å². The second kappa shape index (κ2) is 4.35. The number of rotatable bonds is 3. The van der Waals surface area contributed by atoms with Crippen LogP contribution in [0.2, 0.25) is 0 Å². The normalized spacial score (nSPS) is 25.8. The molecule has 1 amide bonds. The van der Waals surface area contributed by atoms with E-state index in [4.69, 9.17) is 5.73 Å². The largest absolute Gasteiger partial charge is 0.368 e. The van der Waals surface area contributed by atoms with E-state index in [0.29, 0.717) is 6.04 Å². The molecule has 0 aromatic carbocycles. The molecule has 1 atom stereocenters. The zero-order valence-corrected chi connectivity index (χ0v) is 7.86. The van der Waals surface area contributed by atoms with Crippen molar-refractivity contribution in [1.29, 1.82) is 0 Å². The van der Waals surface area contributed by atoms with Gasteiger partial charge in [0.1, 0.15) is 6.54 Å². The van der Waals surface area contributed by atoms with Crippen LogP contribution >= 0.6 is 11.8 Å². The summed E-state index contributed by atoms with van der Waals surface area (Å²) in [5.41, 5.74) is 4.95. The van der Waals surface area contributed by atoms with E-state index in [0.717, 1.165) is 17.3 Å². The minimum Gasteiger partial charge on any atom is -0.368 e. The lowest BCUT2D eigenvalue weighted by Crippen LogP contribution is -2.26. The Hall–Kier alpha value is -0.710. The van der Waals surface area contributed by atoms with Crippen molar-refractivity contribution in [3.63, 3.8) is 0 Å². The first-order valence-corrected chi connectivity index (χ1v) is 4.93. The van der Waals surface area contributed by atoms with Gasteiger partial charge >= 0.3 is 0 Å². The number of hydrogen-bond donors (Lipinski definition) is 2. The summed E-state index contributed by atoms with van der Waals surface area (Å²) >= 11 is 1.65. The molecule has 0 aromatic rings. The number of hydrogen-bond acceptors (Lipinski definition) is 3. The van der Waals surface area contributed by atoms with Crippen LogP contribution in [0.25, 0.3) is 0 Å². The smallest absolute Gasteiger partial charge is 0.239 e. The molecule has 0 radical (unpaired) electrons. The molecular weight excluding hydrogens is 174 g/mol. The summed E-state index contributed by atoms with van der Waals surface area (Å²) in [6.07, 6.45) is 1.09. The molecule has 68 valence electrons. The molecule has 1 fully saturated rings. The molecule has 1 heterocycles. The zero-order valence-electron chi connectivity index (χ0n) is 7.04. The van der Waals surface area contributed by atoms with Gasteiger partial charge in [0.2, 0.25) is 5.91 Å². The van der Waals surface area contributed by atoms with Crippen molar-refractivity contribution < 1.29 is 4.79 Å². The molecule has 0 spiro atoms. The SMILES string of the molecule is CCC1CSC(=NCC(N)=O)N1. The van der Waals surface area contributed by atoms with Gasteiger partial charge in [0.25, 0.3) is 0 Å². The highest BCUT2D eigenvalue weighted by Gasteiger charge is 2.17. The van der Waals surface area contributed by atoms with Crippen LogP contribution in [0.3, 0.4) is 0 Å². The van der Waals surface area contributed by atoms with Gasteiger partial charge in [-0.1, -0.05) is 18.7 Å². The fourth-order valence-corrected chi connectivity index (χ4v) is 1.98. The third kappa shape index (κ3) is 2.73. The molecule has 0 aliphatic carbocycles. The Morgan fingerprint density at radius 1 is 1.92 bits per heavy atom. The predicted molar refractivity (Wildman–Crippen MR) is 51.2 cm³/mol. The summed E-state index contributed by atoms with van der Waals surface area (Å²) < 4.78 is 0. The molecule has 12 heavy (non-hydrogen) atoms. The first kappa shape index (κ1) is 9.38. The molecule has 1 aliphatic heterocycles. The number of nitrogens with zero attached hydrogens (tertiary/aromatic N) is 1. The number of nitrogens with two attached hydrogens (primary N) is 1. The van der Waals surface area contributed by atoms with E-state index in [2.05, 4.69) is 17.2 Å². The molecular formula is C7H13N3OS. The van der Waals surface area contributed by atoms with Gasteiger partial charge in [-0.15, -0.1) is 0 Å². The van der Waals surface area contributed by atoms with Crippen molar-refractivity contribution in [1.82, 2.24) is 5.32 Å². The average molecular weight is 187 g/mol. The number of amides is 1. The standard InChI is InChI=1S/C7H13N3OS/c1-2-5-4-12-7(10-5)9-3-6(8)11/h5H,2-4H2,1H3,(H2,8,11)(H,9,10). The van der Waals surface area contributed by atoms with Crippen molar-refractivity contribution in [3.8, 4) is 0 Å². The van der Waals surface area contributed by atoms with Gasteiger partial charge in [0, 0.05) is 11.8 Å². The van der Waals surface area contributed by atoms with Crippen LogP contribution in [0.5, 0.6) is 0 Å². The van der Waals surface area contributed by atoms with Crippen LogP contribution in [0.1, 0.15) is 13.3 Å². The number of nitrogens with one attached hydrogen (secondary N) is 1. The number of aliphatic imine (C=N–C) groups is 1. The molecule has 0 saturated carbocycles. The molecule has 0 bridgehead atoms. The van der Waals surface area contributed by atoms with E-state index in [9.17, 15) is 4.79 Å². The van der Waals surface area contributed by atoms with Crippen LogP contribution in [0.4, 0.5) is 0 Å². The topological polar surface area (TPSA) is 67.5 Å². The van der Waals surface area contributed by atoms with E-state index in [1.165, 1.54) is 0 Å². The van der Waals surface area contributed by atoms with Crippen molar-refractivity contribution in [2.75, 3.05) is 12.3 Å². The van der Waals surface area contributed by atoms with Crippen LogP contribution < -0.4 is 11.1 Å². The highest BCUT2D eigenvalue weighted by atomic mass is 32.2. The number of carbonyl (C=O) groups is 1. The first-order chi connectivity index (χ1) is 5.72. The molecule has 5 heteroatoms. The first-order valence-electron chi connectivity index (χ1n) is 3.94. The quantitative estimate of drug-likeness (QED) is 0.650. The van der Waals surface area contributed by atoms with Crippen molar-refractivity contribution >= 4 is 22.8 Å². The minimum atomic E-state index is -0.384. The van der Waals surface area contributed by atoms with Gasteiger partial charge in [-0.05, 0) is 6.42 Å². The van der Waals surface area contributed by atoms with Crippen molar-refractivity contribution in [2.45, 2.75) is 19.4 Å². The summed E-state index contributed by atoms with van der Waals surface area (Å²) in [6.45, 7) is 2.21. The van der Waals surface area contributed by atoms with E-state index in [1.807, 2.05) is 0 Å². The third-order valence-corrected chi connectivity index (χ3v) is 2.71. The minimum absolute atomic E-state index is 0.0891. The monoisotopic (exact) mass is 187 g/mol. The Kier molecular flexibility index (Phi) is 3.40. The summed E-state index contributed by atoms with van der Waals surface area (Å²) in [7, 11) is 0. The number of carbonyl (C=O) groups excluding carboxylic acids is 1. The van der Waals surface area contributed by atoms with Crippen LogP contribution in [0, 0.1) is 0 Å². The van der Waals surface area contributed by atoms with Gasteiger partial charge in [-0.3, -0.25) is 9.79 Å². The molecule has 4 nitrogen and oxygen atoms in total. The maximum atomic E-state index is 10.4. The Bertz CT molecular complexity index is 205. The van der Waals surface area contributed by atoms with Crippen molar-refractivity contribution in [3.05, 3.63) is 0 Å².